The molecule has 3 nitrogen and oxygen atoms in total. The fraction of sp³-hybridized carbons (Fsp3) is 0.455. The third kappa shape index (κ3) is 10.2. The van der Waals surface area contributed by atoms with Crippen LogP contribution >= 0.6 is 0 Å². The third-order valence-corrected chi connectivity index (χ3v) is 6.49. The molecule has 0 amide bonds. The van der Waals surface area contributed by atoms with Crippen molar-refractivity contribution in [3.63, 3.8) is 0 Å². The van der Waals surface area contributed by atoms with Gasteiger partial charge in [0.15, 0.2) is 5.78 Å². The van der Waals surface area contributed by atoms with Gasteiger partial charge in [0.2, 0.25) is 0 Å². The predicted molar refractivity (Wildman–Crippen MR) is 153 cm³/mol. The minimum atomic E-state index is 0. The molecule has 0 aliphatic heterocycles. The van der Waals surface area contributed by atoms with E-state index >= 15 is 0 Å². The number of aryl methyl sites for hydroxylation is 2. The van der Waals surface area contributed by atoms with Gasteiger partial charge in [-0.3, -0.25) is 4.79 Å². The number of aliphatic hydroxyl groups excluding tert-OH is 1. The van der Waals surface area contributed by atoms with E-state index in [1.807, 2.05) is 27.0 Å². The molecule has 1 heterocycles. The molecule has 0 aliphatic carbocycles. The molecule has 2 aromatic carbocycles. The number of carbonyl (C=O) groups is 1. The summed E-state index contributed by atoms with van der Waals surface area (Å²) in [5.41, 5.74) is 5.91. The van der Waals surface area contributed by atoms with Crippen molar-refractivity contribution in [1.82, 2.24) is 4.98 Å². The topological polar surface area (TPSA) is 50.2 Å². The van der Waals surface area contributed by atoms with Crippen LogP contribution in [0.15, 0.2) is 54.4 Å². The molecule has 0 aliphatic rings. The van der Waals surface area contributed by atoms with Gasteiger partial charge in [-0.05, 0) is 53.3 Å². The Morgan fingerprint density at radius 3 is 2.32 bits per heavy atom. The van der Waals surface area contributed by atoms with Gasteiger partial charge in [-0.15, -0.1) is 34.9 Å². The summed E-state index contributed by atoms with van der Waals surface area (Å²) in [5, 5.41) is 12.0. The average molecular weight is 679 g/mol. The Morgan fingerprint density at radius 2 is 1.73 bits per heavy atom. The second-order valence-electron chi connectivity index (χ2n) is 10.5. The van der Waals surface area contributed by atoms with Gasteiger partial charge in [0.05, 0.1) is 5.76 Å². The van der Waals surface area contributed by atoms with E-state index in [9.17, 15) is 9.90 Å². The van der Waals surface area contributed by atoms with E-state index in [1.54, 1.807) is 0 Å². The largest absolute Gasteiger partial charge is 0.512 e. The van der Waals surface area contributed by atoms with Crippen molar-refractivity contribution < 1.29 is 30.0 Å². The fourth-order valence-corrected chi connectivity index (χ4v) is 4.28. The molecule has 4 heteroatoms. The molecule has 0 fully saturated rings. The van der Waals surface area contributed by atoms with Gasteiger partial charge in [0.1, 0.15) is 0 Å². The zero-order valence-electron chi connectivity index (χ0n) is 23.8. The van der Waals surface area contributed by atoms with Gasteiger partial charge in [0.25, 0.3) is 0 Å². The maximum Gasteiger partial charge on any atom is 0.161 e. The number of rotatable bonds is 9. The molecular formula is C33H44IrNO2-. The summed E-state index contributed by atoms with van der Waals surface area (Å²) in [6, 6.07) is 16.6. The van der Waals surface area contributed by atoms with Crippen LogP contribution in [-0.2, 0) is 31.3 Å². The van der Waals surface area contributed by atoms with Crippen LogP contribution in [0.3, 0.4) is 0 Å². The molecule has 0 spiro atoms. The zero-order valence-corrected chi connectivity index (χ0v) is 26.2. The van der Waals surface area contributed by atoms with Crippen LogP contribution in [0.1, 0.15) is 77.5 Å². The molecule has 3 rings (SSSR count). The SMILES string of the molecule is CCCC(C)C(=O)/C=C(\O)C(C)CC.Cc1[c-]c(-c2nccc3cc(CC(C)C)ccc23)cc(C)c1.[Ir]. The van der Waals surface area contributed by atoms with Crippen LogP contribution in [0.4, 0.5) is 0 Å². The van der Waals surface area contributed by atoms with Crippen LogP contribution < -0.4 is 0 Å². The second kappa shape index (κ2) is 15.8. The van der Waals surface area contributed by atoms with Crippen LogP contribution in [0.5, 0.6) is 0 Å². The molecule has 0 bridgehead atoms. The van der Waals surface area contributed by atoms with Gasteiger partial charge in [0, 0.05) is 44.2 Å². The summed E-state index contributed by atoms with van der Waals surface area (Å²) in [6.07, 6.45) is 7.17. The van der Waals surface area contributed by atoms with Gasteiger partial charge >= 0.3 is 0 Å². The van der Waals surface area contributed by atoms with E-state index in [1.165, 1.54) is 28.0 Å². The minimum Gasteiger partial charge on any atom is -0.512 e. The minimum absolute atomic E-state index is 0. The number of aromatic nitrogens is 1. The van der Waals surface area contributed by atoms with Crippen molar-refractivity contribution >= 4 is 16.6 Å². The first kappa shape index (κ1) is 32.7. The Balaban J connectivity index is 0.000000401. The molecule has 1 aromatic heterocycles. The van der Waals surface area contributed by atoms with Crippen molar-refractivity contribution in [3.05, 3.63) is 77.2 Å². The number of hydrogen-bond acceptors (Lipinski definition) is 3. The third-order valence-electron chi connectivity index (χ3n) is 6.49. The molecule has 203 valence electrons. The maximum atomic E-state index is 11.5. The number of aliphatic hydroxyl groups is 1. The van der Waals surface area contributed by atoms with Crippen molar-refractivity contribution in [3.8, 4) is 11.3 Å². The number of benzene rings is 2. The normalized spacial score (nSPS) is 12.9. The van der Waals surface area contributed by atoms with E-state index in [0.29, 0.717) is 5.92 Å². The number of ketones is 1. The summed E-state index contributed by atoms with van der Waals surface area (Å²) in [7, 11) is 0. The summed E-state index contributed by atoms with van der Waals surface area (Å²) in [6.45, 7) is 16.6. The zero-order chi connectivity index (χ0) is 26.8. The van der Waals surface area contributed by atoms with Gasteiger partial charge in [-0.1, -0.05) is 80.0 Å². The van der Waals surface area contributed by atoms with E-state index < -0.39 is 0 Å². The molecular weight excluding hydrogens is 635 g/mol. The number of fused-ring (bicyclic) bond motifs is 1. The fourth-order valence-electron chi connectivity index (χ4n) is 4.28. The molecule has 2 unspecified atom stereocenters. The predicted octanol–water partition coefficient (Wildman–Crippen LogP) is 8.99. The smallest absolute Gasteiger partial charge is 0.161 e. The van der Waals surface area contributed by atoms with Gasteiger partial charge in [-0.2, -0.15) is 0 Å². The Bertz CT molecular complexity index is 1160. The Morgan fingerprint density at radius 1 is 1.03 bits per heavy atom. The van der Waals surface area contributed by atoms with Crippen molar-refractivity contribution in [1.29, 1.82) is 0 Å². The first-order valence-corrected chi connectivity index (χ1v) is 13.4. The molecule has 1 N–H and O–H groups in total. The van der Waals surface area contributed by atoms with Crippen LogP contribution in [0.25, 0.3) is 22.0 Å². The van der Waals surface area contributed by atoms with Crippen molar-refractivity contribution in [2.45, 2.75) is 81.1 Å². The van der Waals surface area contributed by atoms with E-state index in [2.05, 4.69) is 82.1 Å². The van der Waals surface area contributed by atoms with Crippen molar-refractivity contribution in [2.75, 3.05) is 0 Å². The van der Waals surface area contributed by atoms with E-state index in [0.717, 1.165) is 42.5 Å². The van der Waals surface area contributed by atoms with Gasteiger partial charge < -0.3 is 10.1 Å². The second-order valence-corrected chi connectivity index (χ2v) is 10.5. The van der Waals surface area contributed by atoms with E-state index in [4.69, 9.17) is 0 Å². The summed E-state index contributed by atoms with van der Waals surface area (Å²) >= 11 is 0. The summed E-state index contributed by atoms with van der Waals surface area (Å²) in [5.74, 6) is 1.07. The Labute approximate surface area is 238 Å². The first-order valence-electron chi connectivity index (χ1n) is 13.4. The summed E-state index contributed by atoms with van der Waals surface area (Å²) in [4.78, 5) is 16.1. The molecule has 3 aromatic rings. The van der Waals surface area contributed by atoms with Crippen molar-refractivity contribution in [2.24, 2.45) is 17.8 Å². The number of pyridine rings is 1. The Hall–Kier alpha value is -2.29. The standard InChI is InChI=1S/C21H22N.C12H22O2.Ir/c1-14(2)9-17-5-6-20-18(13-17)7-8-22-21(20)19-11-15(3)10-16(4)12-19;1-5-7-10(4)12(14)8-11(13)9(3)6-2;/h5-8,10-11,13-14H,9H2,1-4H3;8-10,13H,5-7H2,1-4H3;/q-1;;/b;11-8-;. The summed E-state index contributed by atoms with van der Waals surface area (Å²) < 4.78 is 0. The Kier molecular flexibility index (Phi) is 14.0. The number of carbonyl (C=O) groups excluding carboxylic acids is 1. The first-order chi connectivity index (χ1) is 17.0. The number of nitrogens with zero attached hydrogens (tertiary/aromatic N) is 1. The van der Waals surface area contributed by atoms with Crippen LogP contribution in [0.2, 0.25) is 0 Å². The molecule has 37 heavy (non-hydrogen) atoms. The van der Waals surface area contributed by atoms with Crippen LogP contribution in [-0.4, -0.2) is 15.9 Å². The van der Waals surface area contributed by atoms with Gasteiger partial charge in [-0.25, -0.2) is 0 Å². The number of allylic oxidation sites excluding steroid dienone is 2. The maximum absolute atomic E-state index is 11.5. The molecule has 1 radical (unpaired) electrons. The van der Waals surface area contributed by atoms with Crippen LogP contribution in [0, 0.1) is 37.7 Å². The molecule has 0 saturated heterocycles. The van der Waals surface area contributed by atoms with E-state index in [-0.39, 0.29) is 43.5 Å². The monoisotopic (exact) mass is 679 g/mol. The average Bonchev–Trinajstić information content (AvgIpc) is 2.82. The molecule has 0 saturated carbocycles. The quantitative estimate of drug-likeness (QED) is 0.140. The molecule has 2 atom stereocenters. The number of hydrogen-bond donors (Lipinski definition) is 1.